The summed E-state index contributed by atoms with van der Waals surface area (Å²) >= 11 is 12.0. The minimum absolute atomic E-state index is 0.109. The van der Waals surface area contributed by atoms with Crippen molar-refractivity contribution in [1.29, 1.82) is 0 Å². The largest absolute Gasteiger partial charge is 0.482 e. The molecule has 2 aromatic carbocycles. The van der Waals surface area contributed by atoms with Crippen molar-refractivity contribution in [1.82, 2.24) is 5.43 Å². The summed E-state index contributed by atoms with van der Waals surface area (Å²) in [6.45, 7) is -0.272. The van der Waals surface area contributed by atoms with E-state index in [1.165, 1.54) is 6.21 Å². The molecule has 0 saturated heterocycles. The Morgan fingerprint density at radius 3 is 2.74 bits per heavy atom. The average Bonchev–Trinajstić information content (AvgIpc) is 3.04. The quantitative estimate of drug-likeness (QED) is 0.484. The molecular weight excluding hydrogens is 393 g/mol. The summed E-state index contributed by atoms with van der Waals surface area (Å²) in [6.07, 6.45) is 1.40. The highest BCUT2D eigenvalue weighted by Crippen LogP contribution is 2.25. The second-order valence-electron chi connectivity index (χ2n) is 5.44. The Hall–Kier alpha value is -3.03. The topological polar surface area (TPSA) is 107 Å². The summed E-state index contributed by atoms with van der Waals surface area (Å²) in [5.74, 6) is -0.686. The average molecular weight is 406 g/mol. The molecule has 0 atom stereocenters. The first-order chi connectivity index (χ1) is 12.9. The van der Waals surface area contributed by atoms with Gasteiger partial charge >= 0.3 is 5.91 Å². The number of nitrogens with zero attached hydrogens (tertiary/aromatic N) is 1. The highest BCUT2D eigenvalue weighted by atomic mass is 35.5. The van der Waals surface area contributed by atoms with Gasteiger partial charge in [-0.3, -0.25) is 9.59 Å². The van der Waals surface area contributed by atoms with Crippen LogP contribution in [0.1, 0.15) is 16.1 Å². The Balaban J connectivity index is 1.64. The number of amides is 2. The maximum atomic E-state index is 12.1. The second kappa shape index (κ2) is 8.11. The van der Waals surface area contributed by atoms with E-state index < -0.39 is 11.8 Å². The van der Waals surface area contributed by atoms with E-state index in [1.54, 1.807) is 42.5 Å². The zero-order valence-corrected chi connectivity index (χ0v) is 15.3. The number of benzene rings is 2. The lowest BCUT2D eigenvalue weighted by atomic mass is 10.2. The fourth-order valence-electron chi connectivity index (χ4n) is 2.21. The second-order valence-corrected chi connectivity index (χ2v) is 6.28. The molecule has 0 fully saturated rings. The molecule has 0 unspecified atom stereocenters. The molecule has 9 heteroatoms. The molecule has 3 N–H and O–H groups in total. The number of furan rings is 1. The Bertz CT molecular complexity index is 1050. The molecule has 3 rings (SSSR count). The Labute approximate surface area is 163 Å². The highest BCUT2D eigenvalue weighted by molar-refractivity contribution is 6.32. The number of carbonyl (C=O) groups excluding carboxylic acids is 2. The number of primary amides is 1. The van der Waals surface area contributed by atoms with E-state index in [0.29, 0.717) is 21.9 Å². The zero-order valence-electron chi connectivity index (χ0n) is 13.7. The predicted molar refractivity (Wildman–Crippen MR) is 102 cm³/mol. The SMILES string of the molecule is NC(=O)COc1ccc(C=NNC(=O)c2cc3cc(Cl)ccc3o2)cc1Cl. The van der Waals surface area contributed by atoms with Crippen LogP contribution in [-0.4, -0.2) is 24.6 Å². The Morgan fingerprint density at radius 1 is 1.19 bits per heavy atom. The molecule has 0 aliphatic carbocycles. The first-order valence-corrected chi connectivity index (χ1v) is 8.41. The van der Waals surface area contributed by atoms with E-state index in [4.69, 9.17) is 38.1 Å². The van der Waals surface area contributed by atoms with Gasteiger partial charge < -0.3 is 14.9 Å². The third-order valence-electron chi connectivity index (χ3n) is 3.41. The lowest BCUT2D eigenvalue weighted by Crippen LogP contribution is -2.20. The molecule has 0 bridgehead atoms. The van der Waals surface area contributed by atoms with Gasteiger partial charge in [0, 0.05) is 10.4 Å². The first kappa shape index (κ1) is 18.8. The zero-order chi connectivity index (χ0) is 19.4. The van der Waals surface area contributed by atoms with Crippen molar-refractivity contribution in [2.45, 2.75) is 0 Å². The van der Waals surface area contributed by atoms with Crippen molar-refractivity contribution in [3.8, 4) is 5.75 Å². The standard InChI is InChI=1S/C18H13Cl2N3O4/c19-12-2-4-14-11(6-12)7-16(27-14)18(25)23-22-8-10-1-3-15(13(20)5-10)26-9-17(21)24/h1-8H,9H2,(H2,21,24)(H,23,25). The van der Waals surface area contributed by atoms with Gasteiger partial charge in [0.2, 0.25) is 0 Å². The molecule has 0 radical (unpaired) electrons. The fourth-order valence-corrected chi connectivity index (χ4v) is 2.63. The lowest BCUT2D eigenvalue weighted by Gasteiger charge is -2.06. The molecule has 0 aliphatic rings. The summed E-state index contributed by atoms with van der Waals surface area (Å²) in [7, 11) is 0. The van der Waals surface area contributed by atoms with Crippen LogP contribution in [0.3, 0.4) is 0 Å². The normalized spacial score (nSPS) is 11.0. The fraction of sp³-hybridized carbons (Fsp3) is 0.0556. The van der Waals surface area contributed by atoms with Gasteiger partial charge in [-0.05, 0) is 48.0 Å². The molecule has 1 heterocycles. The molecule has 0 aliphatic heterocycles. The van der Waals surface area contributed by atoms with Crippen molar-refractivity contribution in [3.05, 3.63) is 63.8 Å². The van der Waals surface area contributed by atoms with Crippen molar-refractivity contribution in [2.24, 2.45) is 10.8 Å². The number of carbonyl (C=O) groups is 2. The van der Waals surface area contributed by atoms with E-state index in [2.05, 4.69) is 10.5 Å². The molecule has 2 amide bonds. The number of hydrogen-bond donors (Lipinski definition) is 2. The van der Waals surface area contributed by atoms with Gasteiger partial charge in [-0.25, -0.2) is 5.43 Å². The smallest absolute Gasteiger partial charge is 0.307 e. The highest BCUT2D eigenvalue weighted by Gasteiger charge is 2.11. The Kier molecular flexibility index (Phi) is 5.63. The number of halogens is 2. The minimum atomic E-state index is -0.604. The van der Waals surface area contributed by atoms with Gasteiger partial charge in [-0.15, -0.1) is 0 Å². The molecule has 3 aromatic rings. The molecule has 138 valence electrons. The Morgan fingerprint density at radius 2 is 2.00 bits per heavy atom. The van der Waals surface area contributed by atoms with E-state index in [0.717, 1.165) is 5.39 Å². The summed E-state index contributed by atoms with van der Waals surface area (Å²) in [4.78, 5) is 22.8. The number of rotatable bonds is 6. The number of hydrazone groups is 1. The third-order valence-corrected chi connectivity index (χ3v) is 3.94. The van der Waals surface area contributed by atoms with Crippen LogP contribution in [0.15, 0.2) is 52.0 Å². The van der Waals surface area contributed by atoms with Crippen molar-refractivity contribution < 1.29 is 18.7 Å². The number of ether oxygens (including phenoxy) is 1. The van der Waals surface area contributed by atoms with Gasteiger partial charge in [-0.1, -0.05) is 23.2 Å². The number of hydrogen-bond acceptors (Lipinski definition) is 5. The van der Waals surface area contributed by atoms with E-state index in [9.17, 15) is 9.59 Å². The van der Waals surface area contributed by atoms with Crippen LogP contribution in [-0.2, 0) is 4.79 Å². The third kappa shape index (κ3) is 4.78. The van der Waals surface area contributed by atoms with E-state index in [1.807, 2.05) is 0 Å². The van der Waals surface area contributed by atoms with Crippen molar-refractivity contribution >= 4 is 52.2 Å². The van der Waals surface area contributed by atoms with Gasteiger partial charge in [0.1, 0.15) is 11.3 Å². The van der Waals surface area contributed by atoms with E-state index >= 15 is 0 Å². The minimum Gasteiger partial charge on any atom is -0.482 e. The molecule has 1 aromatic heterocycles. The van der Waals surface area contributed by atoms with Crippen molar-refractivity contribution in [3.63, 3.8) is 0 Å². The lowest BCUT2D eigenvalue weighted by molar-refractivity contribution is -0.119. The predicted octanol–water partition coefficient (Wildman–Crippen LogP) is 3.37. The van der Waals surface area contributed by atoms with Gasteiger partial charge in [0.05, 0.1) is 11.2 Å². The number of nitrogens with two attached hydrogens (primary N) is 1. The summed E-state index contributed by atoms with van der Waals surface area (Å²) in [5, 5.41) is 5.41. The van der Waals surface area contributed by atoms with E-state index in [-0.39, 0.29) is 17.4 Å². The maximum absolute atomic E-state index is 12.1. The van der Waals surface area contributed by atoms with Crippen LogP contribution in [0.4, 0.5) is 0 Å². The first-order valence-electron chi connectivity index (χ1n) is 7.65. The number of fused-ring (bicyclic) bond motifs is 1. The maximum Gasteiger partial charge on any atom is 0.307 e. The van der Waals surface area contributed by atoms with Crippen molar-refractivity contribution in [2.75, 3.05) is 6.61 Å². The van der Waals surface area contributed by atoms with Crippen LogP contribution in [0.5, 0.6) is 5.75 Å². The van der Waals surface area contributed by atoms with Crippen LogP contribution in [0, 0.1) is 0 Å². The molecular formula is C18H13Cl2N3O4. The molecule has 27 heavy (non-hydrogen) atoms. The molecule has 0 spiro atoms. The molecule has 0 saturated carbocycles. The monoisotopic (exact) mass is 405 g/mol. The van der Waals surface area contributed by atoms with Gasteiger partial charge in [0.25, 0.3) is 5.91 Å². The van der Waals surface area contributed by atoms with Gasteiger partial charge in [0.15, 0.2) is 12.4 Å². The van der Waals surface area contributed by atoms with Crippen LogP contribution in [0.2, 0.25) is 10.0 Å². The summed E-state index contributed by atoms with van der Waals surface area (Å²) in [5.41, 5.74) is 8.54. The molecule has 7 nitrogen and oxygen atoms in total. The number of nitrogens with one attached hydrogen (secondary N) is 1. The van der Waals surface area contributed by atoms with Gasteiger partial charge in [-0.2, -0.15) is 5.10 Å². The van der Waals surface area contributed by atoms with Crippen LogP contribution < -0.4 is 15.9 Å². The summed E-state index contributed by atoms with van der Waals surface area (Å²) in [6, 6.07) is 11.4. The van der Waals surface area contributed by atoms with Crippen LogP contribution >= 0.6 is 23.2 Å². The van der Waals surface area contributed by atoms with Crippen LogP contribution in [0.25, 0.3) is 11.0 Å². The summed E-state index contributed by atoms with van der Waals surface area (Å²) < 4.78 is 10.6.